The lowest BCUT2D eigenvalue weighted by atomic mass is 9.48. The van der Waals surface area contributed by atoms with E-state index in [1.54, 1.807) is 36.4 Å². The van der Waals surface area contributed by atoms with Crippen molar-refractivity contribution in [3.8, 4) is 11.5 Å². The molecular formula is C29H29NO6. The van der Waals surface area contributed by atoms with E-state index in [2.05, 4.69) is 4.90 Å². The molecule has 3 aliphatic carbocycles. The summed E-state index contributed by atoms with van der Waals surface area (Å²) in [6.07, 6.45) is 4.91. The molecule has 2 aromatic rings. The first-order chi connectivity index (χ1) is 17.4. The molecule has 7 heteroatoms. The summed E-state index contributed by atoms with van der Waals surface area (Å²) in [5, 5.41) is 23.3. The van der Waals surface area contributed by atoms with Gasteiger partial charge >= 0.3 is 5.97 Å². The van der Waals surface area contributed by atoms with Gasteiger partial charge in [0.25, 0.3) is 0 Å². The smallest absolute Gasteiger partial charge is 0.337 e. The zero-order valence-corrected chi connectivity index (χ0v) is 20.2. The van der Waals surface area contributed by atoms with Crippen molar-refractivity contribution in [2.24, 2.45) is 5.92 Å². The quantitative estimate of drug-likeness (QED) is 0.506. The van der Waals surface area contributed by atoms with Gasteiger partial charge in [0.05, 0.1) is 23.7 Å². The van der Waals surface area contributed by atoms with Crippen LogP contribution in [0.15, 0.2) is 42.0 Å². The number of Topliss-reactive ketones (excluding diaryl/α,β-unsaturated/α-hetero) is 1. The fraction of sp³-hybridized carbons (Fsp3) is 0.448. The number of ether oxygens (including phenoxy) is 2. The molecule has 186 valence electrons. The van der Waals surface area contributed by atoms with Crippen LogP contribution in [0.3, 0.4) is 0 Å². The van der Waals surface area contributed by atoms with Crippen LogP contribution < -0.4 is 4.74 Å². The van der Waals surface area contributed by atoms with Gasteiger partial charge in [-0.3, -0.25) is 9.69 Å². The summed E-state index contributed by atoms with van der Waals surface area (Å²) in [4.78, 5) is 28.2. The van der Waals surface area contributed by atoms with Crippen molar-refractivity contribution in [2.45, 2.75) is 55.3 Å². The number of nitrogens with zero attached hydrogens (tertiary/aromatic N) is 1. The summed E-state index contributed by atoms with van der Waals surface area (Å²) in [5.74, 6) is 0.508. The number of ketones is 1. The summed E-state index contributed by atoms with van der Waals surface area (Å²) in [5.41, 5.74) is 1.57. The molecule has 0 unspecified atom stereocenters. The van der Waals surface area contributed by atoms with Crippen molar-refractivity contribution in [1.82, 2.24) is 4.90 Å². The van der Waals surface area contributed by atoms with Gasteiger partial charge in [-0.15, -0.1) is 0 Å². The van der Waals surface area contributed by atoms with Crippen LogP contribution in [-0.4, -0.2) is 64.8 Å². The molecule has 0 amide bonds. The largest absolute Gasteiger partial charge is 0.504 e. The summed E-state index contributed by atoms with van der Waals surface area (Å²) < 4.78 is 11.0. The van der Waals surface area contributed by atoms with E-state index in [-0.39, 0.29) is 24.0 Å². The monoisotopic (exact) mass is 487 g/mol. The van der Waals surface area contributed by atoms with Crippen molar-refractivity contribution in [1.29, 1.82) is 0 Å². The number of hydrogen-bond acceptors (Lipinski definition) is 7. The second-order valence-corrected chi connectivity index (χ2v) is 11.1. The highest BCUT2D eigenvalue weighted by Gasteiger charge is 2.74. The lowest BCUT2D eigenvalue weighted by Gasteiger charge is -2.62. The Hall–Kier alpha value is -3.16. The highest BCUT2D eigenvalue weighted by Crippen LogP contribution is 2.65. The minimum atomic E-state index is -1.19. The van der Waals surface area contributed by atoms with Gasteiger partial charge in [-0.05, 0) is 73.5 Å². The number of likely N-dealkylation sites (tertiary alicyclic amines) is 1. The topological polar surface area (TPSA) is 96.3 Å². The lowest BCUT2D eigenvalue weighted by Crippen LogP contribution is -2.77. The lowest BCUT2D eigenvalue weighted by molar-refractivity contribution is -0.179. The van der Waals surface area contributed by atoms with E-state index in [4.69, 9.17) is 9.47 Å². The molecule has 0 aromatic heterocycles. The highest BCUT2D eigenvalue weighted by atomic mass is 16.5. The molecule has 3 fully saturated rings. The van der Waals surface area contributed by atoms with Gasteiger partial charge < -0.3 is 19.7 Å². The van der Waals surface area contributed by atoms with E-state index in [0.717, 1.165) is 29.8 Å². The van der Waals surface area contributed by atoms with E-state index in [1.165, 1.54) is 20.0 Å². The number of benzene rings is 2. The number of rotatable bonds is 4. The Kier molecular flexibility index (Phi) is 4.56. The third-order valence-corrected chi connectivity index (χ3v) is 9.20. The molecule has 36 heavy (non-hydrogen) atoms. The zero-order chi connectivity index (χ0) is 24.8. The predicted octanol–water partition coefficient (Wildman–Crippen LogP) is 3.01. The van der Waals surface area contributed by atoms with Crippen molar-refractivity contribution in [3.05, 3.63) is 64.2 Å². The number of esters is 1. The van der Waals surface area contributed by atoms with Gasteiger partial charge in [-0.2, -0.15) is 0 Å². The first kappa shape index (κ1) is 22.1. The van der Waals surface area contributed by atoms with Crippen LogP contribution in [0, 0.1) is 5.92 Å². The van der Waals surface area contributed by atoms with Gasteiger partial charge in [0, 0.05) is 30.1 Å². The summed E-state index contributed by atoms with van der Waals surface area (Å²) in [7, 11) is 1.34. The third kappa shape index (κ3) is 2.81. The molecule has 1 spiro atoms. The van der Waals surface area contributed by atoms with Crippen LogP contribution in [-0.2, 0) is 21.4 Å². The second kappa shape index (κ2) is 7.43. The van der Waals surface area contributed by atoms with Crippen LogP contribution in [0.5, 0.6) is 11.5 Å². The van der Waals surface area contributed by atoms with Crippen molar-refractivity contribution in [2.75, 3.05) is 20.2 Å². The number of hydrogen-bond donors (Lipinski definition) is 2. The van der Waals surface area contributed by atoms with Crippen LogP contribution in [0.1, 0.15) is 52.7 Å². The predicted molar refractivity (Wildman–Crippen MR) is 131 cm³/mol. The molecule has 2 heterocycles. The minimum Gasteiger partial charge on any atom is -0.504 e. The Morgan fingerprint density at radius 3 is 2.72 bits per heavy atom. The van der Waals surface area contributed by atoms with Crippen LogP contribution in [0.25, 0.3) is 6.08 Å². The molecule has 5 aliphatic rings. The fourth-order valence-electron chi connectivity index (χ4n) is 7.34. The molecule has 4 atom stereocenters. The Morgan fingerprint density at radius 2 is 2.00 bits per heavy atom. The van der Waals surface area contributed by atoms with E-state index in [9.17, 15) is 19.8 Å². The van der Waals surface area contributed by atoms with E-state index >= 15 is 0 Å². The SMILES string of the molecule is COC(=O)c1ccc(/C=C2\C[C@@]3(O)[C@H]4Cc5ccc(O)c6c5[C@@]3(CCN4CC3CC3)[C@@H](O6)C2=O)cc1. The molecule has 7 nitrogen and oxygen atoms in total. The van der Waals surface area contributed by atoms with Crippen molar-refractivity contribution < 1.29 is 29.3 Å². The van der Waals surface area contributed by atoms with Crippen LogP contribution in [0.4, 0.5) is 0 Å². The number of aromatic hydroxyl groups is 1. The maximum Gasteiger partial charge on any atom is 0.337 e. The second-order valence-electron chi connectivity index (χ2n) is 11.1. The third-order valence-electron chi connectivity index (χ3n) is 9.20. The number of aliphatic hydroxyl groups is 1. The van der Waals surface area contributed by atoms with Gasteiger partial charge in [-0.25, -0.2) is 4.79 Å². The van der Waals surface area contributed by atoms with Gasteiger partial charge in [0.2, 0.25) is 0 Å². The fourth-order valence-corrected chi connectivity index (χ4v) is 7.34. The highest BCUT2D eigenvalue weighted by molar-refractivity contribution is 6.06. The number of carbonyl (C=O) groups excluding carboxylic acids is 2. The molecule has 0 radical (unpaired) electrons. The molecule has 2 saturated carbocycles. The maximum absolute atomic E-state index is 13.9. The Bertz CT molecular complexity index is 1330. The molecule has 2 aromatic carbocycles. The van der Waals surface area contributed by atoms with Crippen molar-refractivity contribution in [3.63, 3.8) is 0 Å². The summed E-state index contributed by atoms with van der Waals surface area (Å²) in [6.45, 7) is 1.77. The number of phenolic OH excluding ortho intramolecular Hbond substituents is 1. The average molecular weight is 488 g/mol. The maximum atomic E-state index is 13.9. The average Bonchev–Trinajstić information content (AvgIpc) is 3.62. The Balaban J connectivity index is 1.34. The molecule has 2 aliphatic heterocycles. The van der Waals surface area contributed by atoms with Crippen LogP contribution in [0.2, 0.25) is 0 Å². The standard InChI is InChI=1S/C29H29NO6/c1-35-27(33)18-6-4-16(5-7-18)12-20-14-29(34)22-13-19-8-9-21(31)25-23(19)28(29,26(36-25)24(20)32)10-11-30(22)15-17-2-3-17/h4-9,12,17,22,26,31,34H,2-3,10-11,13-15H2,1H3/b20-12+/t22-,26+,28+,29-/m1/s1. The first-order valence-corrected chi connectivity index (χ1v) is 12.8. The molecule has 7 rings (SSSR count). The number of methoxy groups -OCH3 is 1. The van der Waals surface area contributed by atoms with E-state index < -0.39 is 23.1 Å². The summed E-state index contributed by atoms with van der Waals surface area (Å²) >= 11 is 0. The number of phenols is 1. The molecule has 2 N–H and O–H groups in total. The normalized spacial score (nSPS) is 33.3. The van der Waals surface area contributed by atoms with E-state index in [0.29, 0.717) is 35.6 Å². The first-order valence-electron chi connectivity index (χ1n) is 12.8. The zero-order valence-electron chi connectivity index (χ0n) is 20.2. The number of piperidine rings is 1. The molecule has 1 saturated heterocycles. The molecule has 2 bridgehead atoms. The number of carbonyl (C=O) groups is 2. The van der Waals surface area contributed by atoms with E-state index in [1.807, 2.05) is 6.07 Å². The molecular weight excluding hydrogens is 458 g/mol. The van der Waals surface area contributed by atoms with Gasteiger partial charge in [0.15, 0.2) is 23.4 Å². The summed E-state index contributed by atoms with van der Waals surface area (Å²) in [6, 6.07) is 10.3. The van der Waals surface area contributed by atoms with Gasteiger partial charge in [-0.1, -0.05) is 18.2 Å². The van der Waals surface area contributed by atoms with Gasteiger partial charge in [0.1, 0.15) is 0 Å². The Morgan fingerprint density at radius 1 is 1.22 bits per heavy atom. The van der Waals surface area contributed by atoms with Crippen LogP contribution >= 0.6 is 0 Å². The van der Waals surface area contributed by atoms with Crippen molar-refractivity contribution >= 4 is 17.8 Å². The minimum absolute atomic E-state index is 0.0236. The Labute approximate surface area is 209 Å².